The summed E-state index contributed by atoms with van der Waals surface area (Å²) in [6.07, 6.45) is 4.81. The van der Waals surface area contributed by atoms with Crippen LogP contribution in [0.2, 0.25) is 0 Å². The smallest absolute Gasteiger partial charge is 0.344 e. The van der Waals surface area contributed by atoms with E-state index in [1.54, 1.807) is 20.1 Å². The van der Waals surface area contributed by atoms with Gasteiger partial charge in [0.05, 0.1) is 30.8 Å². The summed E-state index contributed by atoms with van der Waals surface area (Å²) in [5, 5.41) is 0.996. The second-order valence-corrected chi connectivity index (χ2v) is 11.4. The SMILES string of the molecule is CCOC(=O)COc1cccc(CN(CCCn2c(CCOC)nc3c(N)nc4ccccc4c32)C(=O)CN2CCCCC2)c1. The lowest BCUT2D eigenvalue weighted by atomic mass is 10.1. The number of pyridine rings is 1. The first-order valence-corrected chi connectivity index (χ1v) is 15.9. The highest BCUT2D eigenvalue weighted by atomic mass is 16.6. The summed E-state index contributed by atoms with van der Waals surface area (Å²) in [7, 11) is 1.68. The van der Waals surface area contributed by atoms with Gasteiger partial charge in [-0.2, -0.15) is 0 Å². The lowest BCUT2D eigenvalue weighted by Gasteiger charge is -2.30. The number of benzene rings is 2. The molecule has 2 aromatic heterocycles. The van der Waals surface area contributed by atoms with Crippen molar-refractivity contribution in [3.8, 4) is 5.75 Å². The summed E-state index contributed by atoms with van der Waals surface area (Å²) in [5.74, 6) is 1.54. The van der Waals surface area contributed by atoms with Crippen LogP contribution in [0.3, 0.4) is 0 Å². The number of aromatic nitrogens is 3. The molecule has 1 aliphatic heterocycles. The van der Waals surface area contributed by atoms with Crippen LogP contribution >= 0.6 is 0 Å². The summed E-state index contributed by atoms with van der Waals surface area (Å²) >= 11 is 0. The number of amides is 1. The number of methoxy groups -OCH3 is 1. The highest BCUT2D eigenvalue weighted by Crippen LogP contribution is 2.29. The molecule has 4 aromatic rings. The highest BCUT2D eigenvalue weighted by Gasteiger charge is 2.21. The Morgan fingerprint density at radius 1 is 1.04 bits per heavy atom. The lowest BCUT2D eigenvalue weighted by Crippen LogP contribution is -2.42. The number of hydrogen-bond donors (Lipinski definition) is 1. The fourth-order valence-corrected chi connectivity index (χ4v) is 5.95. The van der Waals surface area contributed by atoms with Crippen molar-refractivity contribution >= 4 is 39.6 Å². The third-order valence-electron chi connectivity index (χ3n) is 8.12. The average Bonchev–Trinajstić information content (AvgIpc) is 3.42. The van der Waals surface area contributed by atoms with Crippen LogP contribution in [0, 0.1) is 0 Å². The summed E-state index contributed by atoms with van der Waals surface area (Å²) < 4.78 is 18.2. The molecule has 2 N–H and O–H groups in total. The number of nitrogen functional groups attached to an aromatic ring is 1. The largest absolute Gasteiger partial charge is 0.482 e. The molecule has 240 valence electrons. The molecule has 0 atom stereocenters. The van der Waals surface area contributed by atoms with Crippen LogP contribution in [0.1, 0.15) is 44.0 Å². The van der Waals surface area contributed by atoms with Crippen molar-refractivity contribution in [2.24, 2.45) is 0 Å². The van der Waals surface area contributed by atoms with Crippen molar-refractivity contribution < 1.29 is 23.8 Å². The number of nitrogens with two attached hydrogens (primary N) is 1. The van der Waals surface area contributed by atoms with Crippen LogP contribution < -0.4 is 10.5 Å². The van der Waals surface area contributed by atoms with Gasteiger partial charge in [-0.3, -0.25) is 9.69 Å². The van der Waals surface area contributed by atoms with E-state index in [9.17, 15) is 9.59 Å². The van der Waals surface area contributed by atoms with E-state index in [4.69, 9.17) is 24.9 Å². The number of ether oxygens (including phenoxy) is 3. The molecule has 1 saturated heterocycles. The van der Waals surface area contributed by atoms with Gasteiger partial charge in [-0.1, -0.05) is 36.8 Å². The quantitative estimate of drug-likeness (QED) is 0.196. The maximum absolute atomic E-state index is 13.8. The number of carbonyl (C=O) groups excluding carboxylic acids is 2. The van der Waals surface area contributed by atoms with Crippen LogP contribution in [-0.4, -0.2) is 89.3 Å². The van der Waals surface area contributed by atoms with E-state index in [0.717, 1.165) is 53.7 Å². The Bertz CT molecular complexity index is 1600. The molecule has 0 radical (unpaired) electrons. The molecule has 0 aliphatic carbocycles. The molecule has 0 saturated carbocycles. The number of hydrogen-bond acceptors (Lipinski definition) is 9. The van der Waals surface area contributed by atoms with Gasteiger partial charge in [0.25, 0.3) is 0 Å². The van der Waals surface area contributed by atoms with Gasteiger partial charge in [0.2, 0.25) is 5.91 Å². The van der Waals surface area contributed by atoms with Crippen molar-refractivity contribution in [2.45, 2.75) is 52.1 Å². The fourth-order valence-electron chi connectivity index (χ4n) is 5.95. The van der Waals surface area contributed by atoms with Gasteiger partial charge >= 0.3 is 5.97 Å². The van der Waals surface area contributed by atoms with E-state index in [2.05, 4.69) is 14.5 Å². The summed E-state index contributed by atoms with van der Waals surface area (Å²) in [5.41, 5.74) is 9.79. The zero-order valence-electron chi connectivity index (χ0n) is 26.4. The summed E-state index contributed by atoms with van der Waals surface area (Å²) in [6.45, 7) is 6.38. The standard InChI is InChI=1S/C34H44N6O5/c1-3-44-31(42)24-45-26-12-9-11-25(21-26)22-39(30(41)23-38-16-7-4-8-17-38)18-10-19-40-29(15-20-43-2)37-32-33(40)27-13-5-6-14-28(27)36-34(32)35/h5-6,9,11-14,21H,3-4,7-8,10,15-20,22-24H2,1-2H3,(H2,35,36). The van der Waals surface area contributed by atoms with Gasteiger partial charge < -0.3 is 29.4 Å². The Kier molecular flexibility index (Phi) is 11.2. The van der Waals surface area contributed by atoms with Crippen molar-refractivity contribution in [3.63, 3.8) is 0 Å². The van der Waals surface area contributed by atoms with Crippen LogP contribution in [0.25, 0.3) is 21.9 Å². The van der Waals surface area contributed by atoms with E-state index in [0.29, 0.717) is 69.3 Å². The van der Waals surface area contributed by atoms with E-state index in [1.807, 2.05) is 47.4 Å². The van der Waals surface area contributed by atoms with Crippen molar-refractivity contribution in [1.82, 2.24) is 24.3 Å². The molecular formula is C34H44N6O5. The van der Waals surface area contributed by atoms with Gasteiger partial charge in [0, 0.05) is 38.6 Å². The third-order valence-corrected chi connectivity index (χ3v) is 8.12. The van der Waals surface area contributed by atoms with E-state index in [1.165, 1.54) is 6.42 Å². The predicted molar refractivity (Wildman–Crippen MR) is 174 cm³/mol. The normalized spacial score (nSPS) is 13.7. The number of nitrogens with zero attached hydrogens (tertiary/aromatic N) is 5. The Morgan fingerprint density at radius 2 is 1.87 bits per heavy atom. The van der Waals surface area contributed by atoms with E-state index < -0.39 is 5.97 Å². The number of anilines is 1. The Balaban J connectivity index is 1.36. The summed E-state index contributed by atoms with van der Waals surface area (Å²) in [4.78, 5) is 39.2. The van der Waals surface area contributed by atoms with Gasteiger partial charge in [-0.05, 0) is 63.0 Å². The second kappa shape index (κ2) is 15.7. The Labute approximate surface area is 264 Å². The number of carbonyl (C=O) groups is 2. The molecular weight excluding hydrogens is 572 g/mol. The molecule has 1 fully saturated rings. The molecule has 5 rings (SSSR count). The predicted octanol–water partition coefficient (Wildman–Crippen LogP) is 4.20. The van der Waals surface area contributed by atoms with Crippen molar-refractivity contribution in [1.29, 1.82) is 0 Å². The topological polar surface area (TPSA) is 125 Å². The Morgan fingerprint density at radius 3 is 2.67 bits per heavy atom. The number of para-hydroxylation sites is 1. The number of imidazole rings is 1. The molecule has 45 heavy (non-hydrogen) atoms. The van der Waals surface area contributed by atoms with Crippen LogP contribution in [0.15, 0.2) is 48.5 Å². The zero-order valence-corrected chi connectivity index (χ0v) is 26.4. The third kappa shape index (κ3) is 8.29. The van der Waals surface area contributed by atoms with Gasteiger partial charge in [0.1, 0.15) is 17.1 Å². The van der Waals surface area contributed by atoms with Crippen molar-refractivity contribution in [2.75, 3.05) is 58.8 Å². The molecule has 11 nitrogen and oxygen atoms in total. The summed E-state index contributed by atoms with van der Waals surface area (Å²) in [6, 6.07) is 15.5. The van der Waals surface area contributed by atoms with Gasteiger partial charge in [0.15, 0.2) is 12.4 Å². The fraction of sp³-hybridized carbons (Fsp3) is 0.471. The minimum atomic E-state index is -0.413. The second-order valence-electron chi connectivity index (χ2n) is 11.4. The molecule has 1 amide bonds. The molecule has 0 unspecified atom stereocenters. The Hall–Kier alpha value is -4.22. The first-order chi connectivity index (χ1) is 22.0. The maximum Gasteiger partial charge on any atom is 0.344 e. The number of piperidine rings is 1. The molecule has 0 bridgehead atoms. The number of likely N-dealkylation sites (tertiary alicyclic amines) is 1. The van der Waals surface area contributed by atoms with Crippen LogP contribution in [-0.2, 0) is 38.6 Å². The number of esters is 1. The molecule has 11 heteroatoms. The highest BCUT2D eigenvalue weighted by molar-refractivity contribution is 6.06. The van der Waals surface area contributed by atoms with Gasteiger partial charge in [-0.25, -0.2) is 14.8 Å². The van der Waals surface area contributed by atoms with Crippen molar-refractivity contribution in [3.05, 3.63) is 59.9 Å². The first-order valence-electron chi connectivity index (χ1n) is 15.9. The monoisotopic (exact) mass is 616 g/mol. The number of rotatable bonds is 15. The van der Waals surface area contributed by atoms with E-state index in [-0.39, 0.29) is 12.5 Å². The first kappa shape index (κ1) is 32.2. The average molecular weight is 617 g/mol. The molecule has 3 heterocycles. The molecule has 1 aliphatic rings. The lowest BCUT2D eigenvalue weighted by molar-refractivity contribution is -0.145. The van der Waals surface area contributed by atoms with Crippen LogP contribution in [0.4, 0.5) is 5.82 Å². The van der Waals surface area contributed by atoms with Gasteiger partial charge in [-0.15, -0.1) is 0 Å². The minimum Gasteiger partial charge on any atom is -0.482 e. The number of aryl methyl sites for hydroxylation is 1. The van der Waals surface area contributed by atoms with Crippen LogP contribution in [0.5, 0.6) is 5.75 Å². The minimum absolute atomic E-state index is 0.101. The van der Waals surface area contributed by atoms with E-state index >= 15 is 0 Å². The molecule has 2 aromatic carbocycles. The number of fused-ring (bicyclic) bond motifs is 3. The zero-order chi connectivity index (χ0) is 31.6. The maximum atomic E-state index is 13.8. The molecule has 0 spiro atoms.